The zero-order valence-electron chi connectivity index (χ0n) is 20.4. The van der Waals surface area contributed by atoms with Gasteiger partial charge in [0.1, 0.15) is 5.82 Å². The van der Waals surface area contributed by atoms with Crippen molar-refractivity contribution < 1.29 is 9.59 Å². The van der Waals surface area contributed by atoms with E-state index >= 15 is 0 Å². The minimum absolute atomic E-state index is 0.0662. The Hall–Kier alpha value is -4.27. The number of carbonyl (C=O) groups excluding carboxylic acids is 2. The first-order valence-corrected chi connectivity index (χ1v) is 12.7. The molecule has 1 aromatic carbocycles. The van der Waals surface area contributed by atoms with Gasteiger partial charge in [-0.15, -0.1) is 0 Å². The number of nitrogens with two attached hydrogens (primary N) is 1. The number of hydrogen-bond donors (Lipinski definition) is 3. The van der Waals surface area contributed by atoms with Crippen molar-refractivity contribution in [3.63, 3.8) is 0 Å². The van der Waals surface area contributed by atoms with Crippen LogP contribution in [-0.4, -0.2) is 50.8 Å². The summed E-state index contributed by atoms with van der Waals surface area (Å²) in [5.74, 6) is 0.875. The number of allylic oxidation sites excluding steroid dienone is 1. The number of benzene rings is 1. The van der Waals surface area contributed by atoms with Crippen molar-refractivity contribution in [2.45, 2.75) is 25.3 Å². The highest BCUT2D eigenvalue weighted by Gasteiger charge is 2.47. The lowest BCUT2D eigenvalue weighted by atomic mass is 9.88. The molecule has 2 amide bonds. The lowest BCUT2D eigenvalue weighted by Crippen LogP contribution is -2.41. The third kappa shape index (κ3) is 4.52. The van der Waals surface area contributed by atoms with Crippen LogP contribution in [0, 0.1) is 17.8 Å². The van der Waals surface area contributed by atoms with Gasteiger partial charge in [-0.05, 0) is 61.4 Å². The second kappa shape index (κ2) is 9.65. The van der Waals surface area contributed by atoms with E-state index in [0.29, 0.717) is 17.3 Å². The van der Waals surface area contributed by atoms with Gasteiger partial charge in [-0.2, -0.15) is 4.98 Å². The van der Waals surface area contributed by atoms with Gasteiger partial charge in [0.25, 0.3) is 5.91 Å². The number of hydrogen-bond acceptors (Lipinski definition) is 7. The quantitative estimate of drug-likeness (QED) is 0.428. The van der Waals surface area contributed by atoms with Gasteiger partial charge in [-0.1, -0.05) is 18.2 Å². The summed E-state index contributed by atoms with van der Waals surface area (Å²) in [6, 6.07) is 11.0. The number of carbonyl (C=O) groups is 2. The lowest BCUT2D eigenvalue weighted by Gasteiger charge is -2.28. The molecule has 1 saturated heterocycles. The monoisotopic (exact) mass is 495 g/mol. The maximum Gasteiger partial charge on any atom is 0.253 e. The molecule has 9 heteroatoms. The number of nitrogens with one attached hydrogen (secondary N) is 2. The van der Waals surface area contributed by atoms with Crippen molar-refractivity contribution in [1.29, 1.82) is 0 Å². The Balaban J connectivity index is 1.27. The molecular formula is C28H29N7O2. The largest absolute Gasteiger partial charge is 0.369 e. The molecule has 4 atom stereocenters. The molecule has 1 saturated carbocycles. The van der Waals surface area contributed by atoms with E-state index in [1.54, 1.807) is 18.6 Å². The van der Waals surface area contributed by atoms with Crippen LogP contribution >= 0.6 is 0 Å². The van der Waals surface area contributed by atoms with E-state index in [2.05, 4.69) is 32.8 Å². The van der Waals surface area contributed by atoms with Crippen molar-refractivity contribution in [2.24, 2.45) is 23.5 Å². The first-order valence-electron chi connectivity index (χ1n) is 12.7. The Morgan fingerprint density at radius 3 is 2.51 bits per heavy atom. The highest BCUT2D eigenvalue weighted by Crippen LogP contribution is 2.45. The van der Waals surface area contributed by atoms with Crippen LogP contribution in [0.1, 0.15) is 29.6 Å². The van der Waals surface area contributed by atoms with Gasteiger partial charge >= 0.3 is 0 Å². The zero-order chi connectivity index (χ0) is 25.4. The van der Waals surface area contributed by atoms with Crippen LogP contribution in [0.5, 0.6) is 0 Å². The maximum atomic E-state index is 12.7. The number of nitrogens with zero attached hydrogens (tertiary/aromatic N) is 4. The molecule has 3 aromatic rings. The Labute approximate surface area is 215 Å². The molecule has 0 spiro atoms. The first-order chi connectivity index (χ1) is 18.1. The van der Waals surface area contributed by atoms with Crippen molar-refractivity contribution >= 4 is 29.3 Å². The lowest BCUT2D eigenvalue weighted by molar-refractivity contribution is -0.122. The average molecular weight is 496 g/mol. The van der Waals surface area contributed by atoms with Crippen molar-refractivity contribution in [3.05, 3.63) is 72.7 Å². The summed E-state index contributed by atoms with van der Waals surface area (Å²) >= 11 is 0. The molecule has 0 radical (unpaired) electrons. The highest BCUT2D eigenvalue weighted by atomic mass is 16.2. The fourth-order valence-corrected chi connectivity index (χ4v) is 5.78. The van der Waals surface area contributed by atoms with Crippen LogP contribution < -0.4 is 16.4 Å². The predicted molar refractivity (Wildman–Crippen MR) is 141 cm³/mol. The van der Waals surface area contributed by atoms with E-state index in [1.165, 1.54) is 0 Å². The molecule has 37 heavy (non-hydrogen) atoms. The summed E-state index contributed by atoms with van der Waals surface area (Å²) in [4.78, 5) is 40.4. The minimum atomic E-state index is -0.298. The van der Waals surface area contributed by atoms with Crippen LogP contribution in [0.3, 0.4) is 0 Å². The molecule has 9 nitrogen and oxygen atoms in total. The van der Waals surface area contributed by atoms with E-state index in [0.717, 1.165) is 49.2 Å². The number of rotatable bonds is 7. The molecule has 6 rings (SSSR count). The van der Waals surface area contributed by atoms with Crippen molar-refractivity contribution in [3.8, 4) is 11.1 Å². The average Bonchev–Trinajstić information content (AvgIpc) is 3.68. The van der Waals surface area contributed by atoms with Crippen LogP contribution in [0.4, 0.5) is 17.5 Å². The van der Waals surface area contributed by atoms with Crippen LogP contribution in [0.15, 0.2) is 67.1 Å². The third-order valence-corrected chi connectivity index (χ3v) is 7.63. The Morgan fingerprint density at radius 1 is 1.00 bits per heavy atom. The van der Waals surface area contributed by atoms with E-state index in [4.69, 9.17) is 10.7 Å². The van der Waals surface area contributed by atoms with E-state index < -0.39 is 0 Å². The van der Waals surface area contributed by atoms with Gasteiger partial charge in [-0.25, -0.2) is 4.98 Å². The number of fused-ring (bicyclic) bond motifs is 2. The SMILES string of the molecule is NC(=O)[C@@H]1[C@H](Nc2nc(Nc3ccc(C(=O)N4CCCC4)cc3)ncc2-c2cccnc2)[C@H]2C=C[C@@H]1C2. The predicted octanol–water partition coefficient (Wildman–Crippen LogP) is 3.61. The van der Waals surface area contributed by atoms with E-state index in [-0.39, 0.29) is 35.6 Å². The molecule has 0 unspecified atom stereocenters. The van der Waals surface area contributed by atoms with Gasteiger partial charge < -0.3 is 21.3 Å². The fourth-order valence-electron chi connectivity index (χ4n) is 5.78. The number of likely N-dealkylation sites (tertiary alicyclic amines) is 1. The molecule has 1 aliphatic heterocycles. The topological polar surface area (TPSA) is 126 Å². The van der Waals surface area contributed by atoms with Crippen molar-refractivity contribution in [2.75, 3.05) is 23.7 Å². The summed E-state index contributed by atoms with van der Waals surface area (Å²) in [7, 11) is 0. The summed E-state index contributed by atoms with van der Waals surface area (Å²) in [6.07, 6.45) is 12.5. The first kappa shape index (κ1) is 23.1. The zero-order valence-corrected chi connectivity index (χ0v) is 20.4. The van der Waals surface area contributed by atoms with E-state index in [9.17, 15) is 9.59 Å². The molecule has 2 fully saturated rings. The number of anilines is 3. The van der Waals surface area contributed by atoms with Crippen LogP contribution in [0.2, 0.25) is 0 Å². The Kier molecular flexibility index (Phi) is 6.04. The van der Waals surface area contributed by atoms with Gasteiger partial charge in [0, 0.05) is 60.1 Å². The summed E-state index contributed by atoms with van der Waals surface area (Å²) in [6.45, 7) is 1.64. The number of aromatic nitrogens is 3. The Bertz CT molecular complexity index is 1340. The molecule has 2 aromatic heterocycles. The Morgan fingerprint density at radius 2 is 1.78 bits per heavy atom. The van der Waals surface area contributed by atoms with Crippen molar-refractivity contribution in [1.82, 2.24) is 19.9 Å². The third-order valence-electron chi connectivity index (χ3n) is 7.63. The second-order valence-electron chi connectivity index (χ2n) is 9.95. The van der Waals surface area contributed by atoms with Crippen LogP contribution in [0.25, 0.3) is 11.1 Å². The number of amides is 2. The second-order valence-corrected chi connectivity index (χ2v) is 9.95. The molecule has 2 aliphatic carbocycles. The van der Waals surface area contributed by atoms with Crippen LogP contribution in [-0.2, 0) is 4.79 Å². The minimum Gasteiger partial charge on any atom is -0.369 e. The molecular weight excluding hydrogens is 466 g/mol. The molecule has 4 N–H and O–H groups in total. The molecule has 3 aliphatic rings. The summed E-state index contributed by atoms with van der Waals surface area (Å²) < 4.78 is 0. The van der Waals surface area contributed by atoms with Gasteiger partial charge in [0.05, 0.1) is 5.92 Å². The molecule has 3 heterocycles. The summed E-state index contributed by atoms with van der Waals surface area (Å²) in [5.41, 5.74) is 8.90. The van der Waals surface area contributed by atoms with Gasteiger partial charge in [0.15, 0.2) is 0 Å². The van der Waals surface area contributed by atoms with Gasteiger partial charge in [0.2, 0.25) is 11.9 Å². The normalized spacial score (nSPS) is 23.8. The number of primary amides is 1. The summed E-state index contributed by atoms with van der Waals surface area (Å²) in [5, 5.41) is 6.77. The molecule has 188 valence electrons. The standard InChI is InChI=1S/C28H29N7O2/c29-25(36)23-18-5-6-19(14-18)24(23)33-26-22(20-4-3-11-30-15-20)16-31-28(34-26)32-21-9-7-17(8-10-21)27(37)35-12-1-2-13-35/h3-11,15-16,18-19,23-24H,1-2,12-14H2,(H2,29,36)(H2,31,32,33,34)/t18-,19+,23+,24-/m1/s1. The molecule has 2 bridgehead atoms. The smallest absolute Gasteiger partial charge is 0.253 e. The highest BCUT2D eigenvalue weighted by molar-refractivity contribution is 5.94. The van der Waals surface area contributed by atoms with Gasteiger partial charge in [-0.3, -0.25) is 14.6 Å². The fraction of sp³-hybridized carbons (Fsp3) is 0.321. The number of pyridine rings is 1. The maximum absolute atomic E-state index is 12.7. The van der Waals surface area contributed by atoms with E-state index in [1.807, 2.05) is 41.3 Å².